The van der Waals surface area contributed by atoms with Gasteiger partial charge in [-0.25, -0.2) is 0 Å². The van der Waals surface area contributed by atoms with Crippen LogP contribution in [0.15, 0.2) is 24.7 Å². The summed E-state index contributed by atoms with van der Waals surface area (Å²) in [5.41, 5.74) is 9.26. The maximum atomic E-state index is 6.13. The van der Waals surface area contributed by atoms with E-state index in [-0.39, 0.29) is 6.04 Å². The van der Waals surface area contributed by atoms with Crippen molar-refractivity contribution in [1.29, 1.82) is 0 Å². The van der Waals surface area contributed by atoms with Gasteiger partial charge in [0.25, 0.3) is 0 Å². The summed E-state index contributed by atoms with van der Waals surface area (Å²) in [5, 5.41) is 7.91. The molecule has 0 saturated carbocycles. The summed E-state index contributed by atoms with van der Waals surface area (Å²) >= 11 is 0. The molecule has 5 heteroatoms. The minimum absolute atomic E-state index is 0.0558. The number of rotatable bonds is 3. The summed E-state index contributed by atoms with van der Waals surface area (Å²) in [6.45, 7) is 2.01. The first-order chi connectivity index (χ1) is 7.66. The molecule has 0 aliphatic heterocycles. The summed E-state index contributed by atoms with van der Waals surface area (Å²) < 4.78 is 1.68. The molecule has 0 amide bonds. The molecule has 1 atom stereocenters. The molecule has 0 spiro atoms. The van der Waals surface area contributed by atoms with Gasteiger partial charge in [0.1, 0.15) is 0 Å². The summed E-state index contributed by atoms with van der Waals surface area (Å²) in [7, 11) is 1.85. The first-order valence-electron chi connectivity index (χ1n) is 5.18. The maximum absolute atomic E-state index is 6.13. The molecule has 0 aliphatic rings. The van der Waals surface area contributed by atoms with E-state index in [9.17, 15) is 0 Å². The van der Waals surface area contributed by atoms with E-state index < -0.39 is 0 Å². The molecule has 5 nitrogen and oxygen atoms in total. The fourth-order valence-electron chi connectivity index (χ4n) is 1.72. The van der Waals surface area contributed by atoms with Crippen molar-refractivity contribution in [3.05, 3.63) is 41.5 Å². The van der Waals surface area contributed by atoms with Crippen LogP contribution in [0.5, 0.6) is 0 Å². The van der Waals surface area contributed by atoms with Crippen molar-refractivity contribution in [3.63, 3.8) is 0 Å². The lowest BCUT2D eigenvalue weighted by Crippen LogP contribution is -2.15. The Morgan fingerprint density at radius 2 is 2.31 bits per heavy atom. The Morgan fingerprint density at radius 3 is 2.94 bits per heavy atom. The highest BCUT2D eigenvalue weighted by molar-refractivity contribution is 5.25. The zero-order valence-corrected chi connectivity index (χ0v) is 9.46. The largest absolute Gasteiger partial charge is 0.324 e. The van der Waals surface area contributed by atoms with Crippen LogP contribution >= 0.6 is 0 Å². The van der Waals surface area contributed by atoms with Crippen molar-refractivity contribution in [2.45, 2.75) is 19.4 Å². The number of nitrogens with zero attached hydrogens (tertiary/aromatic N) is 4. The lowest BCUT2D eigenvalue weighted by Gasteiger charge is -2.12. The number of hydrogen-bond donors (Lipinski definition) is 1. The second-order valence-corrected chi connectivity index (χ2v) is 3.93. The summed E-state index contributed by atoms with van der Waals surface area (Å²) in [6.07, 6.45) is 6.17. The Balaban J connectivity index is 2.14. The highest BCUT2D eigenvalue weighted by Gasteiger charge is 2.11. The zero-order valence-electron chi connectivity index (χ0n) is 9.46. The number of pyridine rings is 1. The van der Waals surface area contributed by atoms with Gasteiger partial charge in [0.15, 0.2) is 0 Å². The van der Waals surface area contributed by atoms with E-state index in [1.54, 1.807) is 10.9 Å². The molecule has 0 aromatic carbocycles. The van der Waals surface area contributed by atoms with Crippen LogP contribution in [0, 0.1) is 6.92 Å². The van der Waals surface area contributed by atoms with Crippen LogP contribution in [0.25, 0.3) is 0 Å². The van der Waals surface area contributed by atoms with Gasteiger partial charge in [0.05, 0.1) is 5.69 Å². The Labute approximate surface area is 94.3 Å². The maximum Gasteiger partial charge on any atom is 0.0845 e. The minimum atomic E-state index is -0.0558. The van der Waals surface area contributed by atoms with Crippen molar-refractivity contribution >= 4 is 0 Å². The third-order valence-corrected chi connectivity index (χ3v) is 2.54. The molecular weight excluding hydrogens is 202 g/mol. The minimum Gasteiger partial charge on any atom is -0.324 e. The molecule has 2 aromatic rings. The predicted molar refractivity (Wildman–Crippen MR) is 60.6 cm³/mol. The SMILES string of the molecule is Cc1cnccc1C(N)Cc1cn(C)nn1. The van der Waals surface area contributed by atoms with E-state index in [2.05, 4.69) is 15.3 Å². The fourth-order valence-corrected chi connectivity index (χ4v) is 1.72. The van der Waals surface area contributed by atoms with Crippen molar-refractivity contribution in [1.82, 2.24) is 20.0 Å². The molecule has 84 valence electrons. The molecule has 16 heavy (non-hydrogen) atoms. The summed E-state index contributed by atoms with van der Waals surface area (Å²) in [4.78, 5) is 4.05. The van der Waals surface area contributed by atoms with Gasteiger partial charge in [-0.15, -0.1) is 5.10 Å². The van der Waals surface area contributed by atoms with Crippen LogP contribution in [-0.4, -0.2) is 20.0 Å². The number of aromatic nitrogens is 4. The van der Waals surface area contributed by atoms with E-state index in [4.69, 9.17) is 5.73 Å². The number of hydrogen-bond acceptors (Lipinski definition) is 4. The van der Waals surface area contributed by atoms with Crippen molar-refractivity contribution in [3.8, 4) is 0 Å². The average molecular weight is 217 g/mol. The first-order valence-corrected chi connectivity index (χ1v) is 5.18. The van der Waals surface area contributed by atoms with E-state index in [1.807, 2.05) is 32.4 Å². The summed E-state index contributed by atoms with van der Waals surface area (Å²) in [6, 6.07) is 1.90. The van der Waals surface area contributed by atoms with Gasteiger partial charge in [0.2, 0.25) is 0 Å². The van der Waals surface area contributed by atoms with Crippen LogP contribution in [0.3, 0.4) is 0 Å². The molecule has 0 aliphatic carbocycles. The van der Waals surface area contributed by atoms with Crippen LogP contribution in [-0.2, 0) is 13.5 Å². The van der Waals surface area contributed by atoms with Crippen molar-refractivity contribution < 1.29 is 0 Å². The molecule has 0 fully saturated rings. The van der Waals surface area contributed by atoms with Gasteiger partial charge < -0.3 is 5.73 Å². The van der Waals surface area contributed by atoms with Crippen molar-refractivity contribution in [2.24, 2.45) is 12.8 Å². The number of nitrogens with two attached hydrogens (primary N) is 1. The summed E-state index contributed by atoms with van der Waals surface area (Å²) in [5.74, 6) is 0. The molecule has 2 N–H and O–H groups in total. The Bertz CT molecular complexity index is 477. The molecule has 0 saturated heterocycles. The monoisotopic (exact) mass is 217 g/mol. The fraction of sp³-hybridized carbons (Fsp3) is 0.364. The van der Waals surface area contributed by atoms with Crippen LogP contribution in [0.2, 0.25) is 0 Å². The molecule has 2 aromatic heterocycles. The lowest BCUT2D eigenvalue weighted by atomic mass is 10.0. The van der Waals surface area contributed by atoms with Gasteiger partial charge in [-0.1, -0.05) is 5.21 Å². The van der Waals surface area contributed by atoms with E-state index in [0.717, 1.165) is 16.8 Å². The normalized spacial score (nSPS) is 12.7. The average Bonchev–Trinajstić information content (AvgIpc) is 2.64. The van der Waals surface area contributed by atoms with Gasteiger partial charge in [-0.3, -0.25) is 9.67 Å². The van der Waals surface area contributed by atoms with E-state index in [1.165, 1.54) is 0 Å². The Kier molecular flexibility index (Phi) is 2.96. The van der Waals surface area contributed by atoms with E-state index >= 15 is 0 Å². The standard InChI is InChI=1S/C11H15N5/c1-8-6-13-4-3-10(8)11(12)5-9-7-16(2)15-14-9/h3-4,6-7,11H,5,12H2,1-2H3. The third kappa shape index (κ3) is 2.25. The molecule has 0 bridgehead atoms. The Morgan fingerprint density at radius 1 is 1.50 bits per heavy atom. The predicted octanol–water partition coefficient (Wildman–Crippen LogP) is 0.761. The quantitative estimate of drug-likeness (QED) is 0.824. The molecule has 2 heterocycles. The van der Waals surface area contributed by atoms with Gasteiger partial charge in [-0.2, -0.15) is 0 Å². The Hall–Kier alpha value is -1.75. The molecule has 1 unspecified atom stereocenters. The van der Waals surface area contributed by atoms with E-state index in [0.29, 0.717) is 6.42 Å². The molecule has 0 radical (unpaired) electrons. The van der Waals surface area contributed by atoms with Crippen LogP contribution in [0.4, 0.5) is 0 Å². The highest BCUT2D eigenvalue weighted by Crippen LogP contribution is 2.17. The number of aryl methyl sites for hydroxylation is 2. The second-order valence-electron chi connectivity index (χ2n) is 3.93. The van der Waals surface area contributed by atoms with Crippen molar-refractivity contribution in [2.75, 3.05) is 0 Å². The lowest BCUT2D eigenvalue weighted by molar-refractivity contribution is 0.690. The highest BCUT2D eigenvalue weighted by atomic mass is 15.4. The second kappa shape index (κ2) is 4.40. The smallest absolute Gasteiger partial charge is 0.0845 e. The van der Waals surface area contributed by atoms with Gasteiger partial charge in [-0.05, 0) is 24.1 Å². The zero-order chi connectivity index (χ0) is 11.5. The molecular formula is C11H15N5. The molecule has 2 rings (SSSR count). The van der Waals surface area contributed by atoms with Gasteiger partial charge >= 0.3 is 0 Å². The van der Waals surface area contributed by atoms with Crippen LogP contribution in [0.1, 0.15) is 22.9 Å². The van der Waals surface area contributed by atoms with Gasteiger partial charge in [0, 0.05) is 38.1 Å². The third-order valence-electron chi connectivity index (χ3n) is 2.54. The first kappa shape index (κ1) is 10.8. The van der Waals surface area contributed by atoms with Crippen LogP contribution < -0.4 is 5.73 Å². The topological polar surface area (TPSA) is 69.6 Å².